The average Bonchev–Trinajstić information content (AvgIpc) is 3.35. The lowest BCUT2D eigenvalue weighted by atomic mass is 10.2. The Balaban J connectivity index is 1.29. The van der Waals surface area contributed by atoms with Crippen LogP contribution < -0.4 is 25.5 Å². The Hall–Kier alpha value is -2.91. The second-order valence-corrected chi connectivity index (χ2v) is 7.45. The Bertz CT molecular complexity index is 954. The van der Waals surface area contributed by atoms with Crippen LogP contribution >= 0.6 is 11.9 Å². The molecule has 2 aromatic carbocycles. The molecule has 5 N–H and O–H groups in total. The van der Waals surface area contributed by atoms with E-state index in [2.05, 4.69) is 49.9 Å². The number of H-pyrrole nitrogens is 1. The predicted molar refractivity (Wildman–Crippen MR) is 114 cm³/mol. The summed E-state index contributed by atoms with van der Waals surface area (Å²) in [5, 5.41) is 19.1. The number of aromatic nitrogens is 2. The van der Waals surface area contributed by atoms with Gasteiger partial charge < -0.3 is 15.4 Å². The van der Waals surface area contributed by atoms with Gasteiger partial charge in [0.05, 0.1) is 11.7 Å². The monoisotopic (exact) mass is 397 g/mol. The first-order valence-electron chi connectivity index (χ1n) is 9.07. The number of ether oxygens (including phenoxy) is 1. The van der Waals surface area contributed by atoms with E-state index in [0.29, 0.717) is 12.0 Å². The molecule has 0 saturated heterocycles. The van der Waals surface area contributed by atoms with E-state index in [-0.39, 0.29) is 6.29 Å². The maximum atomic E-state index is 5.71. The summed E-state index contributed by atoms with van der Waals surface area (Å²) in [4.78, 5) is 0. The molecule has 1 aliphatic heterocycles. The van der Waals surface area contributed by atoms with Crippen molar-refractivity contribution < 1.29 is 4.74 Å². The number of nitrogens with one attached hydrogen (secondary N) is 5. The number of benzene rings is 2. The maximum absolute atomic E-state index is 5.71. The number of hydrazone groups is 1. The van der Waals surface area contributed by atoms with Crippen molar-refractivity contribution in [3.8, 4) is 5.75 Å². The summed E-state index contributed by atoms with van der Waals surface area (Å²) in [6.07, 6.45) is 1.62. The van der Waals surface area contributed by atoms with Crippen LogP contribution in [0.5, 0.6) is 5.75 Å². The quantitative estimate of drug-likeness (QED) is 0.226. The lowest BCUT2D eigenvalue weighted by molar-refractivity contribution is 0.391. The average molecular weight is 398 g/mol. The summed E-state index contributed by atoms with van der Waals surface area (Å²) in [5.74, 6) is 2.17. The maximum Gasteiger partial charge on any atom is 0.190 e. The molecular formula is C19H23N7OS. The molecule has 1 unspecified atom stereocenters. The van der Waals surface area contributed by atoms with Crippen LogP contribution in [0.25, 0.3) is 10.9 Å². The molecule has 3 aromatic rings. The number of nitrogens with zero attached hydrogens (tertiary/aromatic N) is 2. The zero-order chi connectivity index (χ0) is 19.3. The summed E-state index contributed by atoms with van der Waals surface area (Å²) in [5.41, 5.74) is 6.04. The van der Waals surface area contributed by atoms with E-state index in [9.17, 15) is 0 Å². The predicted octanol–water partition coefficient (Wildman–Crippen LogP) is 2.80. The number of hydrogen-bond donors (Lipinski definition) is 5. The Morgan fingerprint density at radius 2 is 2.04 bits per heavy atom. The number of anilines is 1. The van der Waals surface area contributed by atoms with Gasteiger partial charge in [0.1, 0.15) is 11.7 Å². The van der Waals surface area contributed by atoms with Crippen LogP contribution in [-0.2, 0) is 0 Å². The Morgan fingerprint density at radius 3 is 2.86 bits per heavy atom. The summed E-state index contributed by atoms with van der Waals surface area (Å²) in [6, 6.07) is 14.3. The fourth-order valence-corrected chi connectivity index (χ4v) is 3.35. The Labute approximate surface area is 167 Å². The first-order chi connectivity index (χ1) is 13.7. The third-order valence-electron chi connectivity index (χ3n) is 4.07. The van der Waals surface area contributed by atoms with Gasteiger partial charge in [-0.25, -0.2) is 0 Å². The number of hydrogen-bond acceptors (Lipinski definition) is 8. The summed E-state index contributed by atoms with van der Waals surface area (Å²) in [7, 11) is 0. The molecule has 1 aliphatic rings. The van der Waals surface area contributed by atoms with Crippen LogP contribution in [0.4, 0.5) is 5.69 Å². The highest BCUT2D eigenvalue weighted by Crippen LogP contribution is 2.18. The standard InChI is InChI=1S/C19H23N7OS/c1-12(2)26-28-11-27-16-6-3-13(4-7-16)18-22-19(25-24-18)21-15-5-8-17-14(9-15)10-20-23-17/h3-10,12,19,21,25-26H,11H2,1-2H3,(H,20,23)(H,22,24). The van der Waals surface area contributed by atoms with Gasteiger partial charge in [0.15, 0.2) is 12.1 Å². The van der Waals surface area contributed by atoms with Crippen LogP contribution in [0.3, 0.4) is 0 Å². The van der Waals surface area contributed by atoms with E-state index in [1.807, 2.05) is 42.5 Å². The topological polar surface area (TPSA) is 98.4 Å². The zero-order valence-electron chi connectivity index (χ0n) is 15.7. The van der Waals surface area contributed by atoms with Gasteiger partial charge in [-0.05, 0) is 68.3 Å². The van der Waals surface area contributed by atoms with E-state index in [0.717, 1.165) is 33.7 Å². The van der Waals surface area contributed by atoms with Crippen molar-refractivity contribution in [2.24, 2.45) is 5.10 Å². The molecule has 0 radical (unpaired) electrons. The molecule has 9 heteroatoms. The summed E-state index contributed by atoms with van der Waals surface area (Å²) >= 11 is 1.56. The minimum absolute atomic E-state index is 0.186. The Kier molecular flexibility index (Phi) is 5.54. The van der Waals surface area contributed by atoms with E-state index in [4.69, 9.17) is 4.74 Å². The molecule has 0 saturated carbocycles. The van der Waals surface area contributed by atoms with Gasteiger partial charge >= 0.3 is 0 Å². The number of aromatic amines is 1. The van der Waals surface area contributed by atoms with Gasteiger partial charge in [-0.15, -0.1) is 0 Å². The third-order valence-corrected chi connectivity index (χ3v) is 4.94. The van der Waals surface area contributed by atoms with Gasteiger partial charge in [-0.1, -0.05) is 0 Å². The van der Waals surface area contributed by atoms with Crippen LogP contribution in [-0.4, -0.2) is 34.3 Å². The number of amidine groups is 1. The van der Waals surface area contributed by atoms with E-state index in [1.54, 1.807) is 18.1 Å². The van der Waals surface area contributed by atoms with Gasteiger partial charge in [-0.2, -0.15) is 10.2 Å². The van der Waals surface area contributed by atoms with Crippen LogP contribution in [0.15, 0.2) is 53.8 Å². The molecule has 4 rings (SSSR count). The highest BCUT2D eigenvalue weighted by Gasteiger charge is 2.18. The second-order valence-electron chi connectivity index (χ2n) is 6.69. The van der Waals surface area contributed by atoms with Crippen LogP contribution in [0, 0.1) is 0 Å². The van der Waals surface area contributed by atoms with Crippen molar-refractivity contribution in [3.63, 3.8) is 0 Å². The smallest absolute Gasteiger partial charge is 0.190 e. The molecular weight excluding hydrogens is 374 g/mol. The molecule has 2 heterocycles. The fraction of sp³-hybridized carbons (Fsp3) is 0.263. The normalized spacial score (nSPS) is 16.0. The van der Waals surface area contributed by atoms with Crippen molar-refractivity contribution >= 4 is 34.4 Å². The molecule has 1 atom stereocenters. The van der Waals surface area contributed by atoms with Crippen molar-refractivity contribution in [2.75, 3.05) is 11.3 Å². The second kappa shape index (κ2) is 8.41. The highest BCUT2D eigenvalue weighted by atomic mass is 32.2. The Morgan fingerprint density at radius 1 is 1.18 bits per heavy atom. The van der Waals surface area contributed by atoms with E-state index in [1.165, 1.54) is 0 Å². The van der Waals surface area contributed by atoms with Gasteiger partial charge in [0.2, 0.25) is 0 Å². The minimum atomic E-state index is -0.186. The van der Waals surface area contributed by atoms with Crippen molar-refractivity contribution in [1.29, 1.82) is 0 Å². The highest BCUT2D eigenvalue weighted by molar-refractivity contribution is 7.97. The summed E-state index contributed by atoms with van der Waals surface area (Å²) < 4.78 is 8.95. The van der Waals surface area contributed by atoms with E-state index >= 15 is 0 Å². The molecule has 0 fully saturated rings. The number of fused-ring (bicyclic) bond motifs is 1. The SMILES string of the molecule is CC(C)NSCOc1ccc(C2=NNC(Nc3ccc4[nH]ncc4c3)N2)cc1. The number of rotatable bonds is 8. The lowest BCUT2D eigenvalue weighted by Crippen LogP contribution is -2.41. The minimum Gasteiger partial charge on any atom is -0.482 e. The molecule has 0 bridgehead atoms. The first-order valence-corrected chi connectivity index (χ1v) is 10.1. The van der Waals surface area contributed by atoms with Crippen molar-refractivity contribution in [2.45, 2.75) is 26.2 Å². The van der Waals surface area contributed by atoms with Gasteiger partial charge in [-0.3, -0.25) is 15.2 Å². The fourth-order valence-electron chi connectivity index (χ4n) is 2.75. The largest absolute Gasteiger partial charge is 0.482 e. The van der Waals surface area contributed by atoms with Crippen LogP contribution in [0.1, 0.15) is 19.4 Å². The zero-order valence-corrected chi connectivity index (χ0v) is 16.5. The van der Waals surface area contributed by atoms with Gasteiger partial charge in [0, 0.05) is 22.7 Å². The van der Waals surface area contributed by atoms with Gasteiger partial charge in [0.25, 0.3) is 0 Å². The lowest BCUT2D eigenvalue weighted by Gasteiger charge is -2.15. The molecule has 0 amide bonds. The summed E-state index contributed by atoms with van der Waals surface area (Å²) in [6.45, 7) is 4.20. The van der Waals surface area contributed by atoms with Crippen LogP contribution in [0.2, 0.25) is 0 Å². The third kappa shape index (κ3) is 4.49. The van der Waals surface area contributed by atoms with Crippen molar-refractivity contribution in [1.82, 2.24) is 25.7 Å². The van der Waals surface area contributed by atoms with Crippen molar-refractivity contribution in [3.05, 3.63) is 54.2 Å². The molecule has 0 aliphatic carbocycles. The molecule has 28 heavy (non-hydrogen) atoms. The molecule has 8 nitrogen and oxygen atoms in total. The molecule has 0 spiro atoms. The molecule has 146 valence electrons. The van der Waals surface area contributed by atoms with E-state index < -0.39 is 0 Å². The first kappa shape index (κ1) is 18.5. The molecule has 1 aromatic heterocycles.